The largest absolute Gasteiger partial charge is 0.477 e. The molecule has 1 unspecified atom stereocenters. The fourth-order valence-electron chi connectivity index (χ4n) is 2.29. The number of hydrogen-bond donors (Lipinski definition) is 2. The van der Waals surface area contributed by atoms with Crippen molar-refractivity contribution >= 4 is 11.8 Å². The summed E-state index contributed by atoms with van der Waals surface area (Å²) in [4.78, 5) is 23.6. The molecule has 0 amide bonds. The highest BCUT2D eigenvalue weighted by Crippen LogP contribution is 2.21. The van der Waals surface area contributed by atoms with Crippen molar-refractivity contribution in [2.75, 3.05) is 39.5 Å². The van der Waals surface area contributed by atoms with Crippen molar-refractivity contribution in [1.29, 1.82) is 0 Å². The zero-order valence-electron chi connectivity index (χ0n) is 11.2. The van der Waals surface area contributed by atoms with Crippen molar-refractivity contribution in [3.63, 3.8) is 0 Å². The second kappa shape index (κ2) is 5.50. The standard InChI is InChI=1S/C12H19N5O2/c1-16-4-3-5-17(2)9(7-16)11-14-6-8(12(18)19)10(13)15-11/h6,9H,3-5,7H2,1-2H3,(H,18,19)(H2,13,14,15). The van der Waals surface area contributed by atoms with Gasteiger partial charge in [0.1, 0.15) is 17.2 Å². The maximum absolute atomic E-state index is 10.9. The number of carboxylic acids is 1. The fourth-order valence-corrected chi connectivity index (χ4v) is 2.29. The Kier molecular flexibility index (Phi) is 3.96. The van der Waals surface area contributed by atoms with Gasteiger partial charge in [0.15, 0.2) is 0 Å². The summed E-state index contributed by atoms with van der Waals surface area (Å²) in [5, 5.41) is 8.93. The Morgan fingerprint density at radius 1 is 1.47 bits per heavy atom. The van der Waals surface area contributed by atoms with Crippen LogP contribution in [0.15, 0.2) is 6.20 Å². The number of aromatic carboxylic acids is 1. The van der Waals surface area contributed by atoms with Crippen LogP contribution in [0.1, 0.15) is 28.6 Å². The van der Waals surface area contributed by atoms with Crippen molar-refractivity contribution in [2.45, 2.75) is 12.5 Å². The highest BCUT2D eigenvalue weighted by molar-refractivity contribution is 5.92. The number of nitrogen functional groups attached to an aromatic ring is 1. The van der Waals surface area contributed by atoms with Gasteiger partial charge in [0.05, 0.1) is 6.04 Å². The average Bonchev–Trinajstić information content (AvgIpc) is 2.50. The second-order valence-corrected chi connectivity index (χ2v) is 4.94. The van der Waals surface area contributed by atoms with Gasteiger partial charge in [-0.25, -0.2) is 14.8 Å². The Bertz CT molecular complexity index is 479. The molecule has 0 saturated carbocycles. The minimum absolute atomic E-state index is 0.0257. The Labute approximate surface area is 112 Å². The first-order valence-corrected chi connectivity index (χ1v) is 6.23. The number of likely N-dealkylation sites (N-methyl/N-ethyl adjacent to an activating group) is 2. The Morgan fingerprint density at radius 2 is 2.21 bits per heavy atom. The van der Waals surface area contributed by atoms with Crippen LogP contribution < -0.4 is 5.73 Å². The van der Waals surface area contributed by atoms with Crippen LogP contribution in [0.2, 0.25) is 0 Å². The molecular formula is C12H19N5O2. The van der Waals surface area contributed by atoms with Crippen molar-refractivity contribution in [1.82, 2.24) is 19.8 Å². The van der Waals surface area contributed by atoms with E-state index in [-0.39, 0.29) is 17.4 Å². The topological polar surface area (TPSA) is 95.6 Å². The number of hydrogen-bond acceptors (Lipinski definition) is 6. The predicted molar refractivity (Wildman–Crippen MR) is 70.9 cm³/mol. The van der Waals surface area contributed by atoms with E-state index in [0.29, 0.717) is 5.82 Å². The van der Waals surface area contributed by atoms with Crippen LogP contribution in [0.25, 0.3) is 0 Å². The van der Waals surface area contributed by atoms with Crippen LogP contribution in [-0.2, 0) is 0 Å². The number of carbonyl (C=O) groups is 1. The van der Waals surface area contributed by atoms with Crippen molar-refractivity contribution < 1.29 is 9.90 Å². The molecule has 2 rings (SSSR count). The summed E-state index contributed by atoms with van der Waals surface area (Å²) in [7, 11) is 4.08. The maximum atomic E-state index is 10.9. The second-order valence-electron chi connectivity index (χ2n) is 4.94. The molecule has 104 valence electrons. The molecule has 0 aromatic carbocycles. The molecule has 2 heterocycles. The molecule has 1 aliphatic rings. The van der Waals surface area contributed by atoms with Gasteiger partial charge in [0, 0.05) is 12.7 Å². The van der Waals surface area contributed by atoms with E-state index in [2.05, 4.69) is 26.8 Å². The fraction of sp³-hybridized carbons (Fsp3) is 0.583. The smallest absolute Gasteiger partial charge is 0.341 e. The predicted octanol–water partition coefficient (Wildman–Crippen LogP) is 0.0654. The average molecular weight is 265 g/mol. The first-order valence-electron chi connectivity index (χ1n) is 6.23. The number of rotatable bonds is 2. The third kappa shape index (κ3) is 2.99. The summed E-state index contributed by atoms with van der Waals surface area (Å²) in [5.41, 5.74) is 5.64. The minimum Gasteiger partial charge on any atom is -0.477 e. The number of aromatic nitrogens is 2. The van der Waals surface area contributed by atoms with Gasteiger partial charge in [-0.15, -0.1) is 0 Å². The van der Waals surface area contributed by atoms with Gasteiger partial charge in [-0.3, -0.25) is 4.90 Å². The minimum atomic E-state index is -1.10. The monoisotopic (exact) mass is 265 g/mol. The van der Waals surface area contributed by atoms with Gasteiger partial charge in [-0.2, -0.15) is 0 Å². The molecule has 1 aliphatic heterocycles. The molecule has 0 bridgehead atoms. The molecule has 19 heavy (non-hydrogen) atoms. The van der Waals surface area contributed by atoms with Crippen molar-refractivity contribution in [2.24, 2.45) is 0 Å². The van der Waals surface area contributed by atoms with Gasteiger partial charge < -0.3 is 15.7 Å². The van der Waals surface area contributed by atoms with E-state index >= 15 is 0 Å². The Balaban J connectivity index is 2.29. The van der Waals surface area contributed by atoms with Gasteiger partial charge in [0.25, 0.3) is 0 Å². The number of anilines is 1. The summed E-state index contributed by atoms with van der Waals surface area (Å²) in [6.45, 7) is 2.80. The van der Waals surface area contributed by atoms with Crippen LogP contribution in [0.4, 0.5) is 5.82 Å². The molecule has 7 heteroatoms. The zero-order valence-corrected chi connectivity index (χ0v) is 11.2. The molecule has 0 radical (unpaired) electrons. The number of nitrogens with zero attached hydrogens (tertiary/aromatic N) is 4. The number of nitrogens with two attached hydrogens (primary N) is 1. The van der Waals surface area contributed by atoms with E-state index < -0.39 is 5.97 Å². The molecule has 1 saturated heterocycles. The van der Waals surface area contributed by atoms with Crippen LogP contribution in [0, 0.1) is 0 Å². The Hall–Kier alpha value is -1.73. The lowest BCUT2D eigenvalue weighted by Gasteiger charge is -2.26. The summed E-state index contributed by atoms with van der Waals surface area (Å²) in [5.74, 6) is -0.494. The van der Waals surface area contributed by atoms with E-state index in [1.807, 2.05) is 7.05 Å². The first-order chi connectivity index (χ1) is 8.99. The normalized spacial score (nSPS) is 22.1. The zero-order chi connectivity index (χ0) is 14.0. The van der Waals surface area contributed by atoms with Gasteiger partial charge >= 0.3 is 5.97 Å². The summed E-state index contributed by atoms with van der Waals surface area (Å²) in [6, 6.07) is 0.0395. The van der Waals surface area contributed by atoms with E-state index in [4.69, 9.17) is 10.8 Å². The van der Waals surface area contributed by atoms with Gasteiger partial charge in [-0.1, -0.05) is 0 Å². The van der Waals surface area contributed by atoms with E-state index in [1.165, 1.54) is 6.20 Å². The summed E-state index contributed by atoms with van der Waals surface area (Å²) >= 11 is 0. The molecule has 3 N–H and O–H groups in total. The van der Waals surface area contributed by atoms with Crippen LogP contribution in [-0.4, -0.2) is 64.6 Å². The maximum Gasteiger partial charge on any atom is 0.341 e. The van der Waals surface area contributed by atoms with E-state index in [1.54, 1.807) is 0 Å². The first kappa shape index (κ1) is 13.7. The van der Waals surface area contributed by atoms with Crippen molar-refractivity contribution in [3.05, 3.63) is 17.6 Å². The molecule has 1 aromatic heterocycles. The summed E-state index contributed by atoms with van der Waals surface area (Å²) < 4.78 is 0. The molecule has 1 aromatic rings. The van der Waals surface area contributed by atoms with Gasteiger partial charge in [0.2, 0.25) is 0 Å². The molecule has 7 nitrogen and oxygen atoms in total. The quantitative estimate of drug-likeness (QED) is 0.781. The lowest BCUT2D eigenvalue weighted by atomic mass is 10.2. The number of carboxylic acid groups (broad SMARTS) is 1. The van der Waals surface area contributed by atoms with Crippen LogP contribution in [0.3, 0.4) is 0 Å². The summed E-state index contributed by atoms with van der Waals surface area (Å²) in [6.07, 6.45) is 2.38. The van der Waals surface area contributed by atoms with Crippen LogP contribution >= 0.6 is 0 Å². The lowest BCUT2D eigenvalue weighted by molar-refractivity contribution is 0.0697. The highest BCUT2D eigenvalue weighted by atomic mass is 16.4. The van der Waals surface area contributed by atoms with E-state index in [0.717, 1.165) is 26.1 Å². The molecule has 1 atom stereocenters. The van der Waals surface area contributed by atoms with Crippen molar-refractivity contribution in [3.8, 4) is 0 Å². The third-order valence-corrected chi connectivity index (χ3v) is 3.43. The molecule has 0 aliphatic carbocycles. The molecule has 0 spiro atoms. The highest BCUT2D eigenvalue weighted by Gasteiger charge is 2.25. The van der Waals surface area contributed by atoms with E-state index in [9.17, 15) is 4.79 Å². The molecule has 1 fully saturated rings. The lowest BCUT2D eigenvalue weighted by Crippen LogP contribution is -2.32. The SMILES string of the molecule is CN1CCCN(C)C(c2ncc(C(=O)O)c(N)n2)C1. The van der Waals surface area contributed by atoms with Gasteiger partial charge in [-0.05, 0) is 33.6 Å². The molecular weight excluding hydrogens is 246 g/mol. The Morgan fingerprint density at radius 3 is 2.84 bits per heavy atom. The van der Waals surface area contributed by atoms with Crippen LogP contribution in [0.5, 0.6) is 0 Å². The third-order valence-electron chi connectivity index (χ3n) is 3.43.